The number of aromatic nitrogens is 3. The molecule has 0 saturated heterocycles. The van der Waals surface area contributed by atoms with Gasteiger partial charge in [0.1, 0.15) is 12.7 Å². The molecule has 1 aromatic heterocycles. The number of carbonyl (C=O) groups excluding carboxylic acids is 1. The summed E-state index contributed by atoms with van der Waals surface area (Å²) in [7, 11) is 0. The minimum absolute atomic E-state index is 0.0675. The molecule has 1 amide bonds. The maximum absolute atomic E-state index is 11.9. The van der Waals surface area contributed by atoms with Gasteiger partial charge in [-0.1, -0.05) is 11.6 Å². The predicted octanol–water partition coefficient (Wildman–Crippen LogP) is 1.99. The number of nitrogens with one attached hydrogen (secondary N) is 1. The number of hydrogen-bond donors (Lipinski definition) is 2. The fourth-order valence-electron chi connectivity index (χ4n) is 1.78. The molecule has 0 spiro atoms. The summed E-state index contributed by atoms with van der Waals surface area (Å²) >= 11 is 5.98. The Bertz CT molecular complexity index is 570. The fourth-order valence-corrected chi connectivity index (χ4v) is 1.96. The molecule has 1 heterocycles. The van der Waals surface area contributed by atoms with E-state index in [1.165, 1.54) is 6.33 Å². The third-order valence-corrected chi connectivity index (χ3v) is 2.99. The van der Waals surface area contributed by atoms with Gasteiger partial charge in [-0.05, 0) is 37.6 Å². The smallest absolute Gasteiger partial charge is 0.224 e. The van der Waals surface area contributed by atoms with Crippen LogP contribution in [0.4, 0.5) is 5.69 Å². The van der Waals surface area contributed by atoms with E-state index in [0.29, 0.717) is 23.7 Å². The van der Waals surface area contributed by atoms with Crippen LogP contribution >= 0.6 is 11.6 Å². The van der Waals surface area contributed by atoms with Gasteiger partial charge in [0.2, 0.25) is 5.91 Å². The zero-order chi connectivity index (χ0) is 14.4. The first-order chi connectivity index (χ1) is 9.70. The molecule has 0 unspecified atom stereocenters. The van der Waals surface area contributed by atoms with Crippen molar-refractivity contribution >= 4 is 23.2 Å². The Balaban J connectivity index is 2.14. The van der Waals surface area contributed by atoms with Gasteiger partial charge in [0.25, 0.3) is 0 Å². The molecular weight excluding hydrogens is 278 g/mol. The van der Waals surface area contributed by atoms with Crippen LogP contribution in [0.5, 0.6) is 0 Å². The highest BCUT2D eigenvalue weighted by atomic mass is 35.5. The lowest BCUT2D eigenvalue weighted by Crippen LogP contribution is -2.14. The Labute approximate surface area is 121 Å². The van der Waals surface area contributed by atoms with Crippen molar-refractivity contribution in [1.82, 2.24) is 14.8 Å². The summed E-state index contributed by atoms with van der Waals surface area (Å²) in [4.78, 5) is 15.8. The quantitative estimate of drug-likeness (QED) is 0.798. The fraction of sp³-hybridized carbons (Fsp3) is 0.308. The Morgan fingerprint density at radius 3 is 2.95 bits per heavy atom. The molecule has 1 aromatic carbocycles. The minimum Gasteiger partial charge on any atom is -0.330 e. The standard InChI is InChI=1S/C13H16ClN5O/c14-10-4-5-12(19-9-16-8-17-19)11(7-10)18-13(20)3-1-2-6-15/h4-5,7-9H,1-3,6,15H2,(H,18,20). The SMILES string of the molecule is NCCCCC(=O)Nc1cc(Cl)ccc1-n1cncn1. The average Bonchev–Trinajstić information content (AvgIpc) is 2.93. The molecule has 6 nitrogen and oxygen atoms in total. The Morgan fingerprint density at radius 2 is 2.25 bits per heavy atom. The minimum atomic E-state index is -0.0675. The van der Waals surface area contributed by atoms with Crippen molar-refractivity contribution in [1.29, 1.82) is 0 Å². The monoisotopic (exact) mass is 293 g/mol. The van der Waals surface area contributed by atoms with Crippen molar-refractivity contribution in [3.8, 4) is 5.69 Å². The van der Waals surface area contributed by atoms with E-state index >= 15 is 0 Å². The topological polar surface area (TPSA) is 85.8 Å². The third-order valence-electron chi connectivity index (χ3n) is 2.76. The van der Waals surface area contributed by atoms with Crippen LogP contribution in [0.3, 0.4) is 0 Å². The van der Waals surface area contributed by atoms with Crippen LogP contribution in [0.2, 0.25) is 5.02 Å². The van der Waals surface area contributed by atoms with Gasteiger partial charge in [0, 0.05) is 11.4 Å². The van der Waals surface area contributed by atoms with E-state index in [1.807, 2.05) is 0 Å². The van der Waals surface area contributed by atoms with E-state index in [4.69, 9.17) is 17.3 Å². The summed E-state index contributed by atoms with van der Waals surface area (Å²) < 4.78 is 1.58. The predicted molar refractivity (Wildman–Crippen MR) is 77.9 cm³/mol. The Kier molecular flexibility index (Phi) is 5.09. The van der Waals surface area contributed by atoms with Crippen molar-refractivity contribution in [2.75, 3.05) is 11.9 Å². The van der Waals surface area contributed by atoms with Crippen LogP contribution in [0.15, 0.2) is 30.9 Å². The van der Waals surface area contributed by atoms with Crippen LogP contribution in [-0.2, 0) is 4.79 Å². The Morgan fingerprint density at radius 1 is 1.40 bits per heavy atom. The number of nitrogens with zero attached hydrogens (tertiary/aromatic N) is 3. The molecule has 106 valence electrons. The number of hydrogen-bond acceptors (Lipinski definition) is 4. The van der Waals surface area contributed by atoms with Crippen LogP contribution in [-0.4, -0.2) is 27.2 Å². The summed E-state index contributed by atoms with van der Waals surface area (Å²) in [5, 5.41) is 7.45. The first-order valence-electron chi connectivity index (χ1n) is 6.35. The van der Waals surface area contributed by atoms with E-state index in [2.05, 4.69) is 15.4 Å². The van der Waals surface area contributed by atoms with Gasteiger partial charge < -0.3 is 11.1 Å². The van der Waals surface area contributed by atoms with Gasteiger partial charge in [-0.25, -0.2) is 9.67 Å². The number of carbonyl (C=O) groups is 1. The molecule has 0 aliphatic carbocycles. The van der Waals surface area contributed by atoms with Crippen LogP contribution in [0.25, 0.3) is 5.69 Å². The number of amides is 1. The zero-order valence-corrected chi connectivity index (χ0v) is 11.7. The third kappa shape index (κ3) is 3.79. The maximum atomic E-state index is 11.9. The molecule has 0 saturated carbocycles. The number of benzene rings is 1. The Hall–Kier alpha value is -1.92. The van der Waals surface area contributed by atoms with Gasteiger partial charge >= 0.3 is 0 Å². The van der Waals surface area contributed by atoms with Crippen molar-refractivity contribution in [2.45, 2.75) is 19.3 Å². The second kappa shape index (κ2) is 7.02. The summed E-state index contributed by atoms with van der Waals surface area (Å²) in [5.74, 6) is -0.0675. The van der Waals surface area contributed by atoms with Crippen molar-refractivity contribution in [3.63, 3.8) is 0 Å². The molecule has 2 rings (SSSR count). The highest BCUT2D eigenvalue weighted by Crippen LogP contribution is 2.24. The molecular formula is C13H16ClN5O. The first-order valence-corrected chi connectivity index (χ1v) is 6.73. The van der Waals surface area contributed by atoms with Crippen LogP contribution in [0.1, 0.15) is 19.3 Å². The molecule has 20 heavy (non-hydrogen) atoms. The number of rotatable bonds is 6. The second-order valence-corrected chi connectivity index (χ2v) is 4.73. The highest BCUT2D eigenvalue weighted by molar-refractivity contribution is 6.31. The number of anilines is 1. The zero-order valence-electron chi connectivity index (χ0n) is 10.9. The molecule has 2 aromatic rings. The lowest BCUT2D eigenvalue weighted by molar-refractivity contribution is -0.116. The van der Waals surface area contributed by atoms with Crippen molar-refractivity contribution in [2.24, 2.45) is 5.73 Å². The maximum Gasteiger partial charge on any atom is 0.224 e. The first kappa shape index (κ1) is 14.5. The summed E-state index contributed by atoms with van der Waals surface area (Å²) in [6, 6.07) is 5.22. The highest BCUT2D eigenvalue weighted by Gasteiger charge is 2.09. The summed E-state index contributed by atoms with van der Waals surface area (Å²) in [6.07, 6.45) is 5.02. The van der Waals surface area contributed by atoms with Gasteiger partial charge in [0.05, 0.1) is 11.4 Å². The molecule has 0 aliphatic heterocycles. The van der Waals surface area contributed by atoms with E-state index < -0.39 is 0 Å². The second-order valence-electron chi connectivity index (χ2n) is 4.30. The lowest BCUT2D eigenvalue weighted by atomic mass is 10.2. The molecule has 0 radical (unpaired) electrons. The number of unbranched alkanes of at least 4 members (excludes halogenated alkanes) is 1. The van der Waals surface area contributed by atoms with Crippen LogP contribution in [0, 0.1) is 0 Å². The molecule has 0 atom stereocenters. The van der Waals surface area contributed by atoms with Crippen molar-refractivity contribution < 1.29 is 4.79 Å². The van der Waals surface area contributed by atoms with Gasteiger partial charge in [0.15, 0.2) is 0 Å². The lowest BCUT2D eigenvalue weighted by Gasteiger charge is -2.11. The molecule has 0 aliphatic rings. The van der Waals surface area contributed by atoms with E-state index in [1.54, 1.807) is 29.2 Å². The van der Waals surface area contributed by atoms with E-state index in [0.717, 1.165) is 18.5 Å². The van der Waals surface area contributed by atoms with Crippen LogP contribution < -0.4 is 11.1 Å². The van der Waals surface area contributed by atoms with Gasteiger partial charge in [-0.3, -0.25) is 4.79 Å². The molecule has 7 heteroatoms. The van der Waals surface area contributed by atoms with Gasteiger partial charge in [-0.15, -0.1) is 0 Å². The van der Waals surface area contributed by atoms with Crippen molar-refractivity contribution in [3.05, 3.63) is 35.9 Å². The normalized spacial score (nSPS) is 10.5. The number of nitrogens with two attached hydrogens (primary N) is 1. The summed E-state index contributed by atoms with van der Waals surface area (Å²) in [6.45, 7) is 0.592. The molecule has 3 N–H and O–H groups in total. The molecule has 0 bridgehead atoms. The van der Waals surface area contributed by atoms with Gasteiger partial charge in [-0.2, -0.15) is 5.10 Å². The van der Waals surface area contributed by atoms with E-state index in [-0.39, 0.29) is 5.91 Å². The summed E-state index contributed by atoms with van der Waals surface area (Å²) in [5.41, 5.74) is 6.74. The largest absolute Gasteiger partial charge is 0.330 e. The van der Waals surface area contributed by atoms with E-state index in [9.17, 15) is 4.79 Å². The molecule has 0 fully saturated rings. The average molecular weight is 294 g/mol. The number of halogens is 1.